The summed E-state index contributed by atoms with van der Waals surface area (Å²) in [4.78, 5) is 4.49. The topological polar surface area (TPSA) is 48.1 Å². The minimum atomic E-state index is -0.00667. The van der Waals surface area contributed by atoms with Crippen molar-refractivity contribution in [3.05, 3.63) is 22.7 Å². The van der Waals surface area contributed by atoms with Crippen LogP contribution in [0.15, 0.2) is 12.1 Å². The number of rotatable bonds is 2. The molecule has 0 aliphatic heterocycles. The first-order valence-corrected chi connectivity index (χ1v) is 5.64. The number of nitrogens with zero attached hydrogens (tertiary/aromatic N) is 1. The Hall–Kier alpha value is -1.13. The molecule has 0 aliphatic carbocycles. The van der Waals surface area contributed by atoms with E-state index < -0.39 is 0 Å². The van der Waals surface area contributed by atoms with Crippen LogP contribution in [0.3, 0.4) is 0 Å². The lowest BCUT2D eigenvalue weighted by molar-refractivity contribution is 0.412. The third-order valence-corrected chi connectivity index (χ3v) is 3.77. The first-order valence-electron chi connectivity index (χ1n) is 4.83. The molecule has 0 fully saturated rings. The summed E-state index contributed by atoms with van der Waals surface area (Å²) in [6.07, 6.45) is 0. The van der Waals surface area contributed by atoms with Gasteiger partial charge in [-0.1, -0.05) is 0 Å². The van der Waals surface area contributed by atoms with Gasteiger partial charge in [0.05, 0.1) is 23.4 Å². The number of nitrogens with two attached hydrogens (primary N) is 1. The van der Waals surface area contributed by atoms with Crippen molar-refractivity contribution in [2.75, 3.05) is 7.11 Å². The second-order valence-corrected chi connectivity index (χ2v) is 4.61. The number of aryl methyl sites for hydroxylation is 1. The maximum Gasteiger partial charge on any atom is 0.123 e. The largest absolute Gasteiger partial charge is 0.496 e. The summed E-state index contributed by atoms with van der Waals surface area (Å²) < 4.78 is 6.44. The summed E-state index contributed by atoms with van der Waals surface area (Å²) in [6.45, 7) is 3.99. The molecule has 2 aromatic rings. The number of hydrogen-bond acceptors (Lipinski definition) is 4. The van der Waals surface area contributed by atoms with Gasteiger partial charge < -0.3 is 10.5 Å². The van der Waals surface area contributed by atoms with Gasteiger partial charge in [-0.25, -0.2) is 4.98 Å². The summed E-state index contributed by atoms with van der Waals surface area (Å²) >= 11 is 1.65. The fourth-order valence-electron chi connectivity index (χ4n) is 1.54. The molecule has 0 spiro atoms. The van der Waals surface area contributed by atoms with Gasteiger partial charge in [0.2, 0.25) is 0 Å². The van der Waals surface area contributed by atoms with Crippen LogP contribution in [0, 0.1) is 6.92 Å². The SMILES string of the molecule is COc1ccc2nc([C@H](C)N)sc2c1C. The van der Waals surface area contributed by atoms with Crippen LogP contribution in [0.25, 0.3) is 10.2 Å². The summed E-state index contributed by atoms with van der Waals surface area (Å²) in [7, 11) is 1.68. The Morgan fingerprint density at radius 2 is 2.20 bits per heavy atom. The number of benzene rings is 1. The number of fused-ring (bicyclic) bond motifs is 1. The van der Waals surface area contributed by atoms with E-state index in [1.165, 1.54) is 4.70 Å². The van der Waals surface area contributed by atoms with Gasteiger partial charge in [0, 0.05) is 5.56 Å². The van der Waals surface area contributed by atoms with Gasteiger partial charge in [0.15, 0.2) is 0 Å². The molecule has 80 valence electrons. The predicted octanol–water partition coefficient (Wildman–Crippen LogP) is 2.63. The highest BCUT2D eigenvalue weighted by Gasteiger charge is 2.11. The number of thiazole rings is 1. The molecular weight excluding hydrogens is 208 g/mol. The zero-order valence-corrected chi connectivity index (χ0v) is 9.89. The van der Waals surface area contributed by atoms with Crippen LogP contribution in [-0.4, -0.2) is 12.1 Å². The minimum absolute atomic E-state index is 0.00667. The maximum absolute atomic E-state index is 5.81. The Balaban J connectivity index is 2.66. The molecule has 1 aromatic heterocycles. The fourth-order valence-corrected chi connectivity index (χ4v) is 2.55. The van der Waals surface area contributed by atoms with E-state index in [2.05, 4.69) is 4.98 Å². The van der Waals surface area contributed by atoms with E-state index in [9.17, 15) is 0 Å². The molecule has 0 unspecified atom stereocenters. The molecular formula is C11H14N2OS. The number of aromatic nitrogens is 1. The molecule has 0 aliphatic rings. The maximum atomic E-state index is 5.81. The minimum Gasteiger partial charge on any atom is -0.496 e. The number of methoxy groups -OCH3 is 1. The van der Waals surface area contributed by atoms with E-state index in [4.69, 9.17) is 10.5 Å². The molecule has 4 heteroatoms. The van der Waals surface area contributed by atoms with Crippen LogP contribution in [0.2, 0.25) is 0 Å². The van der Waals surface area contributed by atoms with Gasteiger partial charge in [-0.2, -0.15) is 0 Å². The molecule has 0 radical (unpaired) electrons. The van der Waals surface area contributed by atoms with Crippen LogP contribution in [-0.2, 0) is 0 Å². The van der Waals surface area contributed by atoms with E-state index >= 15 is 0 Å². The molecule has 3 nitrogen and oxygen atoms in total. The molecule has 1 atom stereocenters. The lowest BCUT2D eigenvalue weighted by Gasteiger charge is -2.03. The van der Waals surface area contributed by atoms with E-state index in [1.54, 1.807) is 18.4 Å². The second kappa shape index (κ2) is 3.79. The molecule has 15 heavy (non-hydrogen) atoms. The van der Waals surface area contributed by atoms with Crippen molar-refractivity contribution < 1.29 is 4.74 Å². The molecule has 0 saturated carbocycles. The monoisotopic (exact) mass is 222 g/mol. The molecule has 1 aromatic carbocycles. The third-order valence-electron chi connectivity index (χ3n) is 2.38. The van der Waals surface area contributed by atoms with Crippen molar-refractivity contribution in [2.24, 2.45) is 5.73 Å². The average Bonchev–Trinajstić information content (AvgIpc) is 2.63. The highest BCUT2D eigenvalue weighted by atomic mass is 32.1. The third kappa shape index (κ3) is 1.70. The van der Waals surface area contributed by atoms with Gasteiger partial charge in [-0.3, -0.25) is 0 Å². The van der Waals surface area contributed by atoms with Crippen LogP contribution in [0.1, 0.15) is 23.5 Å². The number of ether oxygens (including phenoxy) is 1. The summed E-state index contributed by atoms with van der Waals surface area (Å²) in [5.41, 5.74) is 7.96. The van der Waals surface area contributed by atoms with Crippen LogP contribution < -0.4 is 10.5 Å². The van der Waals surface area contributed by atoms with Gasteiger partial charge in [-0.15, -0.1) is 11.3 Å². The molecule has 0 bridgehead atoms. The van der Waals surface area contributed by atoms with Gasteiger partial charge in [0.1, 0.15) is 10.8 Å². The highest BCUT2D eigenvalue weighted by Crippen LogP contribution is 2.32. The Labute approximate surface area is 92.9 Å². The zero-order chi connectivity index (χ0) is 11.0. The van der Waals surface area contributed by atoms with Crippen LogP contribution in [0.4, 0.5) is 0 Å². The van der Waals surface area contributed by atoms with Crippen LogP contribution >= 0.6 is 11.3 Å². The molecule has 1 heterocycles. The smallest absolute Gasteiger partial charge is 0.123 e. The lowest BCUT2D eigenvalue weighted by atomic mass is 10.2. The highest BCUT2D eigenvalue weighted by molar-refractivity contribution is 7.18. The molecule has 2 rings (SSSR count). The normalized spacial score (nSPS) is 13.1. The van der Waals surface area contributed by atoms with Crippen molar-refractivity contribution >= 4 is 21.6 Å². The van der Waals surface area contributed by atoms with Gasteiger partial charge in [0.25, 0.3) is 0 Å². The Morgan fingerprint density at radius 1 is 1.47 bits per heavy atom. The zero-order valence-electron chi connectivity index (χ0n) is 9.07. The Morgan fingerprint density at radius 3 is 2.80 bits per heavy atom. The lowest BCUT2D eigenvalue weighted by Crippen LogP contribution is -2.03. The van der Waals surface area contributed by atoms with E-state index in [-0.39, 0.29) is 6.04 Å². The molecule has 2 N–H and O–H groups in total. The van der Waals surface area contributed by atoms with E-state index in [0.717, 1.165) is 21.8 Å². The number of hydrogen-bond donors (Lipinski definition) is 1. The Bertz CT molecular complexity index is 491. The van der Waals surface area contributed by atoms with E-state index in [0.29, 0.717) is 0 Å². The standard InChI is InChI=1S/C11H14N2OS/c1-6-9(14-3)5-4-8-10(6)15-11(13-8)7(2)12/h4-5,7H,12H2,1-3H3/t7-/m0/s1. The summed E-state index contributed by atoms with van der Waals surface area (Å²) in [6, 6.07) is 3.92. The van der Waals surface area contributed by atoms with E-state index in [1.807, 2.05) is 26.0 Å². The summed E-state index contributed by atoms with van der Waals surface area (Å²) in [5, 5.41) is 0.973. The van der Waals surface area contributed by atoms with Crippen LogP contribution in [0.5, 0.6) is 5.75 Å². The Kier molecular flexibility index (Phi) is 2.63. The second-order valence-electron chi connectivity index (χ2n) is 3.58. The average molecular weight is 222 g/mol. The van der Waals surface area contributed by atoms with Crippen molar-refractivity contribution in [1.82, 2.24) is 4.98 Å². The van der Waals surface area contributed by atoms with Crippen molar-refractivity contribution in [3.63, 3.8) is 0 Å². The molecule has 0 amide bonds. The quantitative estimate of drug-likeness (QED) is 0.849. The first-order chi connectivity index (χ1) is 7.13. The van der Waals surface area contributed by atoms with Gasteiger partial charge in [-0.05, 0) is 26.0 Å². The van der Waals surface area contributed by atoms with Crippen molar-refractivity contribution in [3.8, 4) is 5.75 Å². The van der Waals surface area contributed by atoms with Gasteiger partial charge >= 0.3 is 0 Å². The van der Waals surface area contributed by atoms with Crippen molar-refractivity contribution in [1.29, 1.82) is 0 Å². The summed E-state index contributed by atoms with van der Waals surface area (Å²) in [5.74, 6) is 0.905. The van der Waals surface area contributed by atoms with Crippen molar-refractivity contribution in [2.45, 2.75) is 19.9 Å². The fraction of sp³-hybridized carbons (Fsp3) is 0.364. The first kappa shape index (κ1) is 10.4. The predicted molar refractivity (Wildman–Crippen MR) is 63.5 cm³/mol. The molecule has 0 saturated heterocycles.